The van der Waals surface area contributed by atoms with Crippen molar-refractivity contribution in [1.82, 2.24) is 0 Å². The van der Waals surface area contributed by atoms with Gasteiger partial charge >= 0.3 is 5.97 Å². The molecule has 3 aromatic carbocycles. The Labute approximate surface area is 185 Å². The predicted molar refractivity (Wildman–Crippen MR) is 113 cm³/mol. The third kappa shape index (κ3) is 5.44. The molecule has 0 aromatic heterocycles. The standard InChI is InChI=1S/C21H15N3O9/c1-13-19(10-16(23(28)29)11-20(13)24(30)31)21(25)32-12-14-2-6-17(7-3-14)33-18-8-4-15(5-9-18)22(26)27/h2-11H,12H2,1H3. The maximum absolute atomic E-state index is 12.4. The van der Waals surface area contributed by atoms with Crippen molar-refractivity contribution in [3.8, 4) is 11.5 Å². The summed E-state index contributed by atoms with van der Waals surface area (Å²) in [6.07, 6.45) is 0. The van der Waals surface area contributed by atoms with Gasteiger partial charge in [-0.3, -0.25) is 30.3 Å². The second-order valence-electron chi connectivity index (χ2n) is 6.72. The molecule has 3 rings (SSSR count). The smallest absolute Gasteiger partial charge is 0.339 e. The van der Waals surface area contributed by atoms with Gasteiger partial charge in [0.15, 0.2) is 0 Å². The minimum Gasteiger partial charge on any atom is -0.457 e. The molecule has 0 saturated heterocycles. The molecule has 168 valence electrons. The number of benzene rings is 3. The van der Waals surface area contributed by atoms with Crippen LogP contribution in [-0.2, 0) is 11.3 Å². The lowest BCUT2D eigenvalue weighted by molar-refractivity contribution is -0.394. The zero-order chi connectivity index (χ0) is 24.1. The highest BCUT2D eigenvalue weighted by atomic mass is 16.6. The Balaban J connectivity index is 1.68. The lowest BCUT2D eigenvalue weighted by Gasteiger charge is -2.09. The molecular formula is C21H15N3O9. The molecule has 0 heterocycles. The number of esters is 1. The molecule has 0 fully saturated rings. The molecule has 12 nitrogen and oxygen atoms in total. The third-order valence-corrected chi connectivity index (χ3v) is 4.57. The van der Waals surface area contributed by atoms with Crippen molar-refractivity contribution in [2.24, 2.45) is 0 Å². The van der Waals surface area contributed by atoms with Gasteiger partial charge in [0.1, 0.15) is 18.1 Å². The van der Waals surface area contributed by atoms with E-state index in [1.807, 2.05) is 0 Å². The van der Waals surface area contributed by atoms with Gasteiger partial charge in [0.05, 0.1) is 26.4 Å². The molecule has 33 heavy (non-hydrogen) atoms. The topological polar surface area (TPSA) is 165 Å². The van der Waals surface area contributed by atoms with Gasteiger partial charge in [-0.15, -0.1) is 0 Å². The van der Waals surface area contributed by atoms with Crippen molar-refractivity contribution in [2.75, 3.05) is 0 Å². The summed E-state index contributed by atoms with van der Waals surface area (Å²) >= 11 is 0. The molecule has 0 N–H and O–H groups in total. The number of carbonyl (C=O) groups is 1. The first-order valence-corrected chi connectivity index (χ1v) is 9.27. The number of hydrogen-bond acceptors (Lipinski definition) is 9. The molecular weight excluding hydrogens is 438 g/mol. The normalized spacial score (nSPS) is 10.3. The summed E-state index contributed by atoms with van der Waals surface area (Å²) in [4.78, 5) is 43.2. The van der Waals surface area contributed by atoms with E-state index < -0.39 is 32.1 Å². The summed E-state index contributed by atoms with van der Waals surface area (Å²) in [5.41, 5.74) is -0.951. The van der Waals surface area contributed by atoms with Gasteiger partial charge < -0.3 is 9.47 Å². The zero-order valence-electron chi connectivity index (χ0n) is 17.0. The van der Waals surface area contributed by atoms with Crippen LogP contribution in [0, 0.1) is 37.3 Å². The fraction of sp³-hybridized carbons (Fsp3) is 0.0952. The maximum Gasteiger partial charge on any atom is 0.339 e. The van der Waals surface area contributed by atoms with Crippen LogP contribution in [0.3, 0.4) is 0 Å². The monoisotopic (exact) mass is 453 g/mol. The Morgan fingerprint density at radius 3 is 1.85 bits per heavy atom. The molecule has 0 radical (unpaired) electrons. The van der Waals surface area contributed by atoms with Crippen molar-refractivity contribution in [3.63, 3.8) is 0 Å². The maximum atomic E-state index is 12.4. The van der Waals surface area contributed by atoms with Gasteiger partial charge in [0, 0.05) is 23.8 Å². The van der Waals surface area contributed by atoms with Gasteiger partial charge in [0.2, 0.25) is 0 Å². The van der Waals surface area contributed by atoms with E-state index in [2.05, 4.69) is 0 Å². The molecule has 0 aliphatic rings. The second-order valence-corrected chi connectivity index (χ2v) is 6.72. The Morgan fingerprint density at radius 1 is 0.788 bits per heavy atom. The highest BCUT2D eigenvalue weighted by molar-refractivity contribution is 5.93. The highest BCUT2D eigenvalue weighted by Gasteiger charge is 2.25. The number of carbonyl (C=O) groups excluding carboxylic acids is 1. The van der Waals surface area contributed by atoms with E-state index in [1.54, 1.807) is 24.3 Å². The third-order valence-electron chi connectivity index (χ3n) is 4.57. The molecule has 0 atom stereocenters. The summed E-state index contributed by atoms with van der Waals surface area (Å²) < 4.78 is 10.8. The summed E-state index contributed by atoms with van der Waals surface area (Å²) in [7, 11) is 0. The molecule has 3 aromatic rings. The van der Waals surface area contributed by atoms with Gasteiger partial charge in [-0.1, -0.05) is 12.1 Å². The Bertz CT molecular complexity index is 1240. The van der Waals surface area contributed by atoms with Crippen LogP contribution in [0.5, 0.6) is 11.5 Å². The Kier molecular flexibility index (Phi) is 6.57. The van der Waals surface area contributed by atoms with Gasteiger partial charge in [-0.05, 0) is 36.8 Å². The van der Waals surface area contributed by atoms with Crippen molar-refractivity contribution in [3.05, 3.63) is 108 Å². The largest absolute Gasteiger partial charge is 0.457 e. The molecule has 0 amide bonds. The van der Waals surface area contributed by atoms with Gasteiger partial charge in [-0.2, -0.15) is 0 Å². The highest BCUT2D eigenvalue weighted by Crippen LogP contribution is 2.29. The molecule has 0 saturated carbocycles. The van der Waals surface area contributed by atoms with Crippen LogP contribution < -0.4 is 4.74 Å². The van der Waals surface area contributed by atoms with E-state index in [9.17, 15) is 35.1 Å². The molecule has 0 unspecified atom stereocenters. The SMILES string of the molecule is Cc1c(C(=O)OCc2ccc(Oc3ccc([N+](=O)[O-])cc3)cc2)cc([N+](=O)[O-])cc1[N+](=O)[O-]. The average molecular weight is 453 g/mol. The Morgan fingerprint density at radius 2 is 1.33 bits per heavy atom. The molecule has 0 aliphatic carbocycles. The number of nitro groups is 3. The van der Waals surface area contributed by atoms with Crippen LogP contribution in [0.15, 0.2) is 60.7 Å². The summed E-state index contributed by atoms with van der Waals surface area (Å²) in [6.45, 7) is 1.12. The lowest BCUT2D eigenvalue weighted by Crippen LogP contribution is -2.09. The predicted octanol–water partition coefficient (Wildman–Crippen LogP) is 4.87. The first kappa shape index (κ1) is 22.8. The molecule has 0 spiro atoms. The number of ether oxygens (including phenoxy) is 2. The molecule has 0 bridgehead atoms. The molecule has 12 heteroatoms. The van der Waals surface area contributed by atoms with Crippen LogP contribution in [0.2, 0.25) is 0 Å². The van der Waals surface area contributed by atoms with Gasteiger partial charge in [-0.25, -0.2) is 4.79 Å². The fourth-order valence-electron chi connectivity index (χ4n) is 2.84. The first-order chi connectivity index (χ1) is 15.7. The number of nitrogens with zero attached hydrogens (tertiary/aromatic N) is 3. The minimum atomic E-state index is -0.939. The van der Waals surface area contributed by atoms with E-state index in [1.165, 1.54) is 31.2 Å². The van der Waals surface area contributed by atoms with Crippen LogP contribution in [0.25, 0.3) is 0 Å². The first-order valence-electron chi connectivity index (χ1n) is 9.27. The fourth-order valence-corrected chi connectivity index (χ4v) is 2.84. The van der Waals surface area contributed by atoms with E-state index >= 15 is 0 Å². The van der Waals surface area contributed by atoms with Crippen LogP contribution in [0.1, 0.15) is 21.5 Å². The number of non-ortho nitro benzene ring substituents is 2. The van der Waals surface area contributed by atoms with Crippen molar-refractivity contribution < 1.29 is 29.0 Å². The van der Waals surface area contributed by atoms with E-state index in [-0.39, 0.29) is 23.4 Å². The second kappa shape index (κ2) is 9.51. The van der Waals surface area contributed by atoms with Crippen LogP contribution in [0.4, 0.5) is 17.1 Å². The zero-order valence-corrected chi connectivity index (χ0v) is 17.0. The van der Waals surface area contributed by atoms with Crippen LogP contribution in [-0.4, -0.2) is 20.7 Å². The van der Waals surface area contributed by atoms with E-state index in [0.29, 0.717) is 17.1 Å². The van der Waals surface area contributed by atoms with E-state index in [4.69, 9.17) is 9.47 Å². The number of hydrogen-bond donors (Lipinski definition) is 0. The minimum absolute atomic E-state index is 0.0394. The van der Waals surface area contributed by atoms with Crippen LogP contribution >= 0.6 is 0 Å². The molecule has 0 aliphatic heterocycles. The number of nitro benzene ring substituents is 3. The van der Waals surface area contributed by atoms with Gasteiger partial charge in [0.25, 0.3) is 17.1 Å². The van der Waals surface area contributed by atoms with Crippen molar-refractivity contribution >= 4 is 23.0 Å². The summed E-state index contributed by atoms with van der Waals surface area (Å²) in [5, 5.41) is 32.9. The van der Waals surface area contributed by atoms with Crippen molar-refractivity contribution in [1.29, 1.82) is 0 Å². The quantitative estimate of drug-likeness (QED) is 0.263. The number of rotatable bonds is 8. The average Bonchev–Trinajstić information content (AvgIpc) is 2.78. The summed E-state index contributed by atoms with van der Waals surface area (Å²) in [6, 6.07) is 13.6. The van der Waals surface area contributed by atoms with Crippen molar-refractivity contribution in [2.45, 2.75) is 13.5 Å². The lowest BCUT2D eigenvalue weighted by atomic mass is 10.1. The summed E-state index contributed by atoms with van der Waals surface area (Å²) in [5.74, 6) is -0.114. The van der Waals surface area contributed by atoms with E-state index in [0.717, 1.165) is 12.1 Å². The Hall–Kier alpha value is -4.87.